The molecule has 3 rings (SSSR count). The predicted molar refractivity (Wildman–Crippen MR) is 106 cm³/mol. The summed E-state index contributed by atoms with van der Waals surface area (Å²) in [4.78, 5) is 0. The molecule has 0 saturated carbocycles. The second kappa shape index (κ2) is 8.22. The van der Waals surface area contributed by atoms with Crippen molar-refractivity contribution < 1.29 is 22.6 Å². The van der Waals surface area contributed by atoms with Crippen molar-refractivity contribution in [1.82, 2.24) is 14.6 Å². The molecule has 0 radical (unpaired) electrons. The summed E-state index contributed by atoms with van der Waals surface area (Å²) in [5.41, 5.74) is 0.137. The molecule has 2 heterocycles. The average Bonchev–Trinajstić information content (AvgIpc) is 3.28. The van der Waals surface area contributed by atoms with Crippen LogP contribution < -0.4 is 15.8 Å². The molecule has 1 saturated heterocycles. The van der Waals surface area contributed by atoms with Crippen LogP contribution in [0.15, 0.2) is 32.5 Å². The van der Waals surface area contributed by atoms with Gasteiger partial charge in [-0.3, -0.25) is 0 Å². The molecular weight excluding hydrogens is 473 g/mol. The Labute approximate surface area is 174 Å². The van der Waals surface area contributed by atoms with Crippen LogP contribution in [0.3, 0.4) is 0 Å². The van der Waals surface area contributed by atoms with Crippen LogP contribution in [-0.4, -0.2) is 53.7 Å². The molecule has 1 aliphatic rings. The minimum atomic E-state index is -3.75. The van der Waals surface area contributed by atoms with Gasteiger partial charge in [0.15, 0.2) is 5.69 Å². The van der Waals surface area contributed by atoms with Crippen molar-refractivity contribution in [2.45, 2.75) is 13.3 Å². The second-order valence-electron chi connectivity index (χ2n) is 6.96. The summed E-state index contributed by atoms with van der Waals surface area (Å²) in [5, 5.41) is 31.1. The third-order valence-corrected chi connectivity index (χ3v) is 6.20. The molecule has 158 valence electrons. The molecule has 2 aromatic rings. The number of aromatic nitrogens is 2. The van der Waals surface area contributed by atoms with Gasteiger partial charge in [0.05, 0.1) is 4.47 Å². The molecule has 1 aromatic heterocycles. The molecular formula is C15H19BrFN7O4S. The first kappa shape index (κ1) is 21.4. The molecule has 0 bridgehead atoms. The molecule has 0 aliphatic carbocycles. The van der Waals surface area contributed by atoms with E-state index in [9.17, 15) is 18.0 Å². The van der Waals surface area contributed by atoms with Crippen LogP contribution >= 0.6 is 15.9 Å². The van der Waals surface area contributed by atoms with Gasteiger partial charge in [0, 0.05) is 25.3 Å². The van der Waals surface area contributed by atoms with Crippen molar-refractivity contribution in [3.63, 3.8) is 0 Å². The van der Waals surface area contributed by atoms with Crippen LogP contribution in [0.25, 0.3) is 0 Å². The number of amidine groups is 1. The Morgan fingerprint density at radius 3 is 2.90 bits per heavy atom. The van der Waals surface area contributed by atoms with E-state index in [0.717, 1.165) is 0 Å². The third kappa shape index (κ3) is 5.01. The first-order valence-corrected chi connectivity index (χ1v) is 10.7. The smallest absolute Gasteiger partial charge is 0.276 e. The second-order valence-corrected chi connectivity index (χ2v) is 9.36. The van der Waals surface area contributed by atoms with Gasteiger partial charge in [0.2, 0.25) is 11.7 Å². The number of anilines is 2. The van der Waals surface area contributed by atoms with Gasteiger partial charge in [-0.15, -0.1) is 0 Å². The number of rotatable bonds is 6. The number of halogens is 2. The Bertz CT molecular complexity index is 1030. The van der Waals surface area contributed by atoms with Gasteiger partial charge in [-0.05, 0) is 56.3 Å². The fourth-order valence-electron chi connectivity index (χ4n) is 2.94. The zero-order chi connectivity index (χ0) is 21.2. The monoisotopic (exact) mass is 491 g/mol. The van der Waals surface area contributed by atoms with Gasteiger partial charge in [-0.1, -0.05) is 12.1 Å². The summed E-state index contributed by atoms with van der Waals surface area (Å²) in [6, 6.07) is 4.15. The zero-order valence-corrected chi connectivity index (χ0v) is 17.7. The van der Waals surface area contributed by atoms with Gasteiger partial charge in [0.1, 0.15) is 5.82 Å². The van der Waals surface area contributed by atoms with Crippen LogP contribution in [0.5, 0.6) is 0 Å². The summed E-state index contributed by atoms with van der Waals surface area (Å²) >= 11 is 3.08. The average molecular weight is 492 g/mol. The highest BCUT2D eigenvalue weighted by atomic mass is 79.9. The summed E-state index contributed by atoms with van der Waals surface area (Å²) in [5.74, 6) is -0.321. The summed E-state index contributed by atoms with van der Waals surface area (Å²) in [6.45, 7) is 2.84. The molecule has 0 spiro atoms. The fraction of sp³-hybridized carbons (Fsp3) is 0.400. The van der Waals surface area contributed by atoms with Crippen LogP contribution in [-0.2, 0) is 10.2 Å². The molecule has 0 unspecified atom stereocenters. The lowest BCUT2D eigenvalue weighted by atomic mass is 9.90. The van der Waals surface area contributed by atoms with Crippen molar-refractivity contribution in [3.05, 3.63) is 34.2 Å². The number of hydrogen-bond acceptors (Lipinski definition) is 8. The van der Waals surface area contributed by atoms with E-state index >= 15 is 0 Å². The highest BCUT2D eigenvalue weighted by Gasteiger charge is 2.38. The number of nitrogens with two attached hydrogens (primary N) is 1. The number of oxime groups is 1. The first-order valence-electron chi connectivity index (χ1n) is 8.40. The third-order valence-electron chi connectivity index (χ3n) is 4.56. The summed E-state index contributed by atoms with van der Waals surface area (Å²) in [7, 11) is -3.75. The molecule has 14 heteroatoms. The van der Waals surface area contributed by atoms with Gasteiger partial charge < -0.3 is 15.8 Å². The van der Waals surface area contributed by atoms with Crippen molar-refractivity contribution in [1.29, 1.82) is 0 Å². The van der Waals surface area contributed by atoms with E-state index in [2.05, 4.69) is 42.0 Å². The maximum absolute atomic E-state index is 13.4. The van der Waals surface area contributed by atoms with Crippen molar-refractivity contribution in [2.75, 3.05) is 30.3 Å². The van der Waals surface area contributed by atoms with Crippen molar-refractivity contribution in [3.8, 4) is 0 Å². The Kier molecular flexibility index (Phi) is 6.07. The SMILES string of the molecule is C[C@@]1(CNc2nonc2/C(=N/O)Nc2ccc(F)c(Br)c2)CCN(S(N)(=O)=O)C1. The maximum atomic E-state index is 13.4. The quantitative estimate of drug-likeness (QED) is 0.205. The zero-order valence-electron chi connectivity index (χ0n) is 15.3. The number of nitrogens with one attached hydrogen (secondary N) is 2. The van der Waals surface area contributed by atoms with Gasteiger partial charge in [-0.25, -0.2) is 14.2 Å². The van der Waals surface area contributed by atoms with Gasteiger partial charge >= 0.3 is 0 Å². The summed E-state index contributed by atoms with van der Waals surface area (Å²) in [6.07, 6.45) is 0.597. The number of benzene rings is 1. The highest BCUT2D eigenvalue weighted by molar-refractivity contribution is 9.10. The lowest BCUT2D eigenvalue weighted by Crippen LogP contribution is -2.38. The largest absolute Gasteiger partial charge is 0.409 e. The van der Waals surface area contributed by atoms with E-state index in [0.29, 0.717) is 25.2 Å². The Hall–Kier alpha value is -2.29. The Morgan fingerprint density at radius 2 is 2.28 bits per heavy atom. The molecule has 1 atom stereocenters. The maximum Gasteiger partial charge on any atom is 0.276 e. The van der Waals surface area contributed by atoms with Crippen LogP contribution in [0.4, 0.5) is 15.9 Å². The predicted octanol–water partition coefficient (Wildman–Crippen LogP) is 1.55. The van der Waals surface area contributed by atoms with E-state index in [1.54, 1.807) is 0 Å². The van der Waals surface area contributed by atoms with Crippen molar-refractivity contribution in [2.24, 2.45) is 15.7 Å². The molecule has 5 N–H and O–H groups in total. The molecule has 11 nitrogen and oxygen atoms in total. The minimum Gasteiger partial charge on any atom is -0.409 e. The lowest BCUT2D eigenvalue weighted by Gasteiger charge is -2.24. The standard InChI is InChI=1S/C15H19BrFN7O4S/c1-15(4-5-24(8-15)29(18,26)27)7-19-13-12(22-28-23-13)14(21-25)20-9-2-3-11(17)10(16)6-9/h2-3,6,25H,4-5,7-8H2,1H3,(H,19,23)(H,20,21)(H2,18,26,27)/t15-/m0/s1. The summed E-state index contributed by atoms with van der Waals surface area (Å²) < 4.78 is 42.6. The van der Waals surface area contributed by atoms with E-state index in [4.69, 9.17) is 9.77 Å². The molecule has 0 amide bonds. The Balaban J connectivity index is 1.70. The number of hydrogen-bond donors (Lipinski definition) is 4. The minimum absolute atomic E-state index is 0.0741. The molecule has 1 fully saturated rings. The first-order chi connectivity index (χ1) is 13.6. The van der Waals surface area contributed by atoms with Gasteiger partial charge in [0.25, 0.3) is 10.2 Å². The molecule has 29 heavy (non-hydrogen) atoms. The van der Waals surface area contributed by atoms with Crippen LogP contribution in [0, 0.1) is 11.2 Å². The van der Waals surface area contributed by atoms with Crippen LogP contribution in [0.1, 0.15) is 19.0 Å². The highest BCUT2D eigenvalue weighted by Crippen LogP contribution is 2.31. The fourth-order valence-corrected chi connectivity index (χ4v) is 4.16. The lowest BCUT2D eigenvalue weighted by molar-refractivity contribution is 0.304. The van der Waals surface area contributed by atoms with Crippen molar-refractivity contribution >= 4 is 43.5 Å². The molecule has 1 aliphatic heterocycles. The van der Waals surface area contributed by atoms with Gasteiger partial charge in [-0.2, -0.15) is 12.7 Å². The topological polar surface area (TPSA) is 159 Å². The van der Waals surface area contributed by atoms with E-state index in [1.165, 1.54) is 22.5 Å². The van der Waals surface area contributed by atoms with E-state index < -0.39 is 21.4 Å². The van der Waals surface area contributed by atoms with E-state index in [1.807, 2.05) is 6.92 Å². The normalized spacial score (nSPS) is 20.8. The molecule has 1 aromatic carbocycles. The Morgan fingerprint density at radius 1 is 1.52 bits per heavy atom. The van der Waals surface area contributed by atoms with E-state index in [-0.39, 0.29) is 28.4 Å². The van der Waals surface area contributed by atoms with Crippen LogP contribution in [0.2, 0.25) is 0 Å². The number of nitrogens with zero attached hydrogens (tertiary/aromatic N) is 4.